The lowest BCUT2D eigenvalue weighted by atomic mass is 10.2. The first-order valence-electron chi connectivity index (χ1n) is 11.8. The van der Waals surface area contributed by atoms with Crippen molar-refractivity contribution >= 4 is 37.1 Å². The largest absolute Gasteiger partial charge is 0.330 e. The summed E-state index contributed by atoms with van der Waals surface area (Å²) < 4.78 is 11.7. The van der Waals surface area contributed by atoms with E-state index in [1.54, 1.807) is 0 Å². The molecular weight excluding hydrogens is 443 g/mol. The van der Waals surface area contributed by atoms with Crippen molar-refractivity contribution in [3.8, 4) is 0 Å². The van der Waals surface area contributed by atoms with Crippen molar-refractivity contribution in [2.24, 2.45) is 5.92 Å². The minimum Gasteiger partial charge on any atom is -0.330 e. The maximum absolute atomic E-state index is 12.2. The van der Waals surface area contributed by atoms with Crippen LogP contribution >= 0.6 is 32.0 Å². The summed E-state index contributed by atoms with van der Waals surface area (Å²) in [4.78, 5) is 12.2. The van der Waals surface area contributed by atoms with Crippen LogP contribution in [0.3, 0.4) is 0 Å². The number of hydrogen-bond donors (Lipinski definition) is 0. The van der Waals surface area contributed by atoms with Crippen LogP contribution in [0.4, 0.5) is 0 Å². The molecule has 0 N–H and O–H groups in total. The third-order valence-corrected chi connectivity index (χ3v) is 11.0. The van der Waals surface area contributed by atoms with Crippen LogP contribution in [0.25, 0.3) is 0 Å². The molecule has 0 fully saturated rings. The van der Waals surface area contributed by atoms with Gasteiger partial charge in [-0.1, -0.05) is 25.6 Å². The van der Waals surface area contributed by atoms with Crippen LogP contribution in [0, 0.1) is 5.92 Å². The van der Waals surface area contributed by atoms with Gasteiger partial charge in [0.25, 0.3) is 0 Å². The lowest BCUT2D eigenvalue weighted by molar-refractivity contribution is -0.113. The van der Waals surface area contributed by atoms with E-state index in [-0.39, 0.29) is 20.5 Å². The molecule has 0 aromatic heterocycles. The first kappa shape index (κ1) is 31.7. The Balaban J connectivity index is 5.39. The van der Waals surface area contributed by atoms with Crippen molar-refractivity contribution in [1.29, 1.82) is 0 Å². The minimum atomic E-state index is -0.877. The number of carbonyl (C=O) groups excluding carboxylic acids is 1. The average molecular weight is 495 g/mol. The monoisotopic (exact) mass is 494 g/mol. The van der Waals surface area contributed by atoms with E-state index >= 15 is 0 Å². The first-order valence-corrected chi connectivity index (χ1v) is 14.7. The van der Waals surface area contributed by atoms with Crippen molar-refractivity contribution in [2.45, 2.75) is 131 Å². The van der Waals surface area contributed by atoms with E-state index in [4.69, 9.17) is 4.52 Å². The smallest absolute Gasteiger partial charge is 0.192 e. The highest BCUT2D eigenvalue weighted by molar-refractivity contribution is 8.15. The fourth-order valence-corrected chi connectivity index (χ4v) is 7.96. The molecule has 186 valence electrons. The van der Waals surface area contributed by atoms with Gasteiger partial charge in [0.05, 0.1) is 6.61 Å². The Morgan fingerprint density at radius 3 is 1.48 bits per heavy atom. The van der Waals surface area contributed by atoms with Crippen LogP contribution in [0.5, 0.6) is 0 Å². The molecule has 0 heterocycles. The van der Waals surface area contributed by atoms with Crippen molar-refractivity contribution in [1.82, 2.24) is 9.34 Å². The normalized spacial score (nSPS) is 14.0. The molecule has 0 unspecified atom stereocenters. The molecule has 0 saturated heterocycles. The summed E-state index contributed by atoms with van der Waals surface area (Å²) in [7, 11) is -0.877. The summed E-state index contributed by atoms with van der Waals surface area (Å²) in [6.45, 7) is 31.6. The van der Waals surface area contributed by atoms with Crippen LogP contribution in [-0.4, -0.2) is 60.5 Å². The fourth-order valence-electron chi connectivity index (χ4n) is 3.28. The molecule has 4 nitrogen and oxygen atoms in total. The van der Waals surface area contributed by atoms with Gasteiger partial charge >= 0.3 is 0 Å². The van der Waals surface area contributed by atoms with Gasteiger partial charge in [-0.25, -0.2) is 9.34 Å². The van der Waals surface area contributed by atoms with Crippen LogP contribution in [0.1, 0.15) is 96.9 Å². The predicted octanol–water partition coefficient (Wildman–Crippen LogP) is 7.67. The van der Waals surface area contributed by atoms with Gasteiger partial charge in [-0.05, 0) is 83.1 Å². The van der Waals surface area contributed by atoms with E-state index in [2.05, 4.69) is 92.4 Å². The maximum Gasteiger partial charge on any atom is 0.192 e. The van der Waals surface area contributed by atoms with Gasteiger partial charge < -0.3 is 4.52 Å². The average Bonchev–Trinajstić information content (AvgIpc) is 2.56. The maximum atomic E-state index is 12.2. The molecule has 0 aliphatic carbocycles. The van der Waals surface area contributed by atoms with Gasteiger partial charge in [-0.2, -0.15) is 11.8 Å². The number of hydrogen-bond acceptors (Lipinski definition) is 6. The third kappa shape index (κ3) is 11.6. The standard InChI is InChI=1S/C24H51N2O2PS2/c1-17(2)22(27)31-24(13,14)16-30-23(11,12)15-28-29(25(18(3)4)19(5)6)26(20(7)8)21(9)10/h17-21H,15-16H2,1-14H3. The van der Waals surface area contributed by atoms with E-state index in [9.17, 15) is 4.79 Å². The Kier molecular flexibility index (Phi) is 13.8. The van der Waals surface area contributed by atoms with E-state index in [0.717, 1.165) is 5.75 Å². The fraction of sp³-hybridized carbons (Fsp3) is 0.958. The molecule has 0 radical (unpaired) electrons. The van der Waals surface area contributed by atoms with E-state index in [1.165, 1.54) is 11.8 Å². The van der Waals surface area contributed by atoms with E-state index < -0.39 is 8.45 Å². The lowest BCUT2D eigenvalue weighted by Crippen LogP contribution is -2.44. The molecule has 0 atom stereocenters. The minimum absolute atomic E-state index is 0.0292. The Hall–Kier alpha value is 0.680. The second-order valence-corrected chi connectivity index (χ2v) is 16.1. The molecule has 0 aliphatic rings. The molecular formula is C24H51N2O2PS2. The zero-order chi connectivity index (χ0) is 24.7. The van der Waals surface area contributed by atoms with Crippen molar-refractivity contribution in [2.75, 3.05) is 12.4 Å². The number of carbonyl (C=O) groups is 1. The first-order chi connectivity index (χ1) is 13.9. The number of nitrogens with zero attached hydrogens (tertiary/aromatic N) is 2. The SMILES string of the molecule is CC(C)C(=O)SC(C)(C)CSC(C)(C)COP(N(C(C)C)C(C)C)N(C(C)C)C(C)C. The summed E-state index contributed by atoms with van der Waals surface area (Å²) in [5.41, 5.74) is 0. The summed E-state index contributed by atoms with van der Waals surface area (Å²) >= 11 is 3.40. The van der Waals surface area contributed by atoms with Gasteiger partial charge in [0.1, 0.15) is 0 Å². The molecule has 0 bridgehead atoms. The van der Waals surface area contributed by atoms with Gasteiger partial charge in [0.15, 0.2) is 13.6 Å². The van der Waals surface area contributed by atoms with E-state index in [0.29, 0.717) is 30.8 Å². The molecule has 31 heavy (non-hydrogen) atoms. The Bertz CT molecular complexity index is 502. The molecule has 0 aromatic rings. The predicted molar refractivity (Wildman–Crippen MR) is 145 cm³/mol. The molecule has 7 heteroatoms. The number of rotatable bonds is 14. The van der Waals surface area contributed by atoms with Gasteiger partial charge in [0, 0.05) is 45.3 Å². The second-order valence-electron chi connectivity index (χ2n) is 11.0. The molecule has 0 amide bonds. The van der Waals surface area contributed by atoms with Gasteiger partial charge in [-0.3, -0.25) is 4.79 Å². The summed E-state index contributed by atoms with van der Waals surface area (Å²) in [6.07, 6.45) is 0. The van der Waals surface area contributed by atoms with Crippen LogP contribution in [0.15, 0.2) is 0 Å². The molecule has 0 spiro atoms. The van der Waals surface area contributed by atoms with Crippen LogP contribution < -0.4 is 0 Å². The highest BCUT2D eigenvalue weighted by Crippen LogP contribution is 2.52. The molecule has 0 saturated carbocycles. The van der Waals surface area contributed by atoms with Gasteiger partial charge in [-0.15, -0.1) is 0 Å². The summed E-state index contributed by atoms with van der Waals surface area (Å²) in [5.74, 6) is 0.992. The summed E-state index contributed by atoms with van der Waals surface area (Å²) in [6, 6.07) is 1.66. The van der Waals surface area contributed by atoms with Crippen molar-refractivity contribution in [3.05, 3.63) is 0 Å². The lowest BCUT2D eigenvalue weighted by Gasteiger charge is -2.46. The Labute approximate surface area is 204 Å². The summed E-state index contributed by atoms with van der Waals surface area (Å²) in [5, 5.41) is 0.275. The topological polar surface area (TPSA) is 32.8 Å². The van der Waals surface area contributed by atoms with Crippen molar-refractivity contribution < 1.29 is 9.32 Å². The van der Waals surface area contributed by atoms with Crippen molar-refractivity contribution in [3.63, 3.8) is 0 Å². The van der Waals surface area contributed by atoms with E-state index in [1.807, 2.05) is 25.6 Å². The Morgan fingerprint density at radius 2 is 1.16 bits per heavy atom. The van der Waals surface area contributed by atoms with Crippen LogP contribution in [-0.2, 0) is 9.32 Å². The zero-order valence-corrected chi connectivity index (χ0v) is 25.3. The number of thioether (sulfide) groups is 2. The molecule has 0 aromatic carbocycles. The van der Waals surface area contributed by atoms with Crippen LogP contribution in [0.2, 0.25) is 0 Å². The zero-order valence-electron chi connectivity index (χ0n) is 22.8. The highest BCUT2D eigenvalue weighted by Gasteiger charge is 2.36. The molecule has 0 aliphatic heterocycles. The third-order valence-electron chi connectivity index (χ3n) is 4.70. The molecule has 0 rings (SSSR count). The Morgan fingerprint density at radius 1 is 0.774 bits per heavy atom. The highest BCUT2D eigenvalue weighted by atomic mass is 32.2. The quantitative estimate of drug-likeness (QED) is 0.230. The van der Waals surface area contributed by atoms with Gasteiger partial charge in [0.2, 0.25) is 0 Å². The second kappa shape index (κ2) is 13.5.